The molecular formula is C20H26N4O. The predicted octanol–water partition coefficient (Wildman–Crippen LogP) is 2.34. The smallest absolute Gasteiger partial charge is 0.244 e. The number of nitrogens with zero attached hydrogens (tertiary/aromatic N) is 4. The van der Waals surface area contributed by atoms with Crippen LogP contribution < -0.4 is 4.90 Å². The van der Waals surface area contributed by atoms with Crippen molar-refractivity contribution in [1.29, 1.82) is 0 Å². The van der Waals surface area contributed by atoms with Gasteiger partial charge in [-0.25, -0.2) is 0 Å². The van der Waals surface area contributed by atoms with E-state index in [1.807, 2.05) is 36.2 Å². The molecule has 1 amide bonds. The number of piperazine rings is 1. The van der Waals surface area contributed by atoms with Gasteiger partial charge in [-0.1, -0.05) is 29.8 Å². The molecule has 2 heterocycles. The molecule has 5 heteroatoms. The zero-order valence-corrected chi connectivity index (χ0v) is 15.2. The molecule has 132 valence electrons. The molecular weight excluding hydrogens is 312 g/mol. The molecule has 3 rings (SSSR count). The Morgan fingerprint density at radius 3 is 2.32 bits per heavy atom. The van der Waals surface area contributed by atoms with Crippen molar-refractivity contribution in [1.82, 2.24) is 14.8 Å². The van der Waals surface area contributed by atoms with Crippen LogP contribution in [0.1, 0.15) is 17.2 Å². The molecule has 1 fully saturated rings. The van der Waals surface area contributed by atoms with E-state index in [9.17, 15) is 4.79 Å². The topological polar surface area (TPSA) is 39.7 Å². The molecule has 2 aromatic rings. The molecule has 0 radical (unpaired) electrons. The number of aromatic nitrogens is 1. The van der Waals surface area contributed by atoms with E-state index in [1.54, 1.807) is 6.20 Å². The number of rotatable bonds is 4. The maximum Gasteiger partial charge on any atom is 0.244 e. The number of carbonyl (C=O) groups is 1. The second-order valence-corrected chi connectivity index (χ2v) is 6.80. The summed E-state index contributed by atoms with van der Waals surface area (Å²) in [7, 11) is 3.93. The Labute approximate surface area is 149 Å². The normalized spacial score (nSPS) is 16.2. The Morgan fingerprint density at radius 1 is 1.08 bits per heavy atom. The van der Waals surface area contributed by atoms with Crippen LogP contribution in [-0.4, -0.2) is 61.0 Å². The van der Waals surface area contributed by atoms with Crippen molar-refractivity contribution in [2.75, 3.05) is 45.2 Å². The average molecular weight is 338 g/mol. The van der Waals surface area contributed by atoms with Crippen molar-refractivity contribution in [3.8, 4) is 0 Å². The average Bonchev–Trinajstić information content (AvgIpc) is 2.64. The fourth-order valence-corrected chi connectivity index (χ4v) is 3.31. The summed E-state index contributed by atoms with van der Waals surface area (Å²) in [5.74, 6) is 0.180. The summed E-state index contributed by atoms with van der Waals surface area (Å²) < 4.78 is 0. The third kappa shape index (κ3) is 3.99. The lowest BCUT2D eigenvalue weighted by Gasteiger charge is -2.38. The summed E-state index contributed by atoms with van der Waals surface area (Å²) in [6, 6.07) is 12.0. The van der Waals surface area contributed by atoms with Crippen molar-refractivity contribution in [2.45, 2.75) is 13.0 Å². The number of carbonyl (C=O) groups excluding carboxylic acids is 1. The van der Waals surface area contributed by atoms with Gasteiger partial charge in [0, 0.05) is 32.4 Å². The molecule has 1 aromatic heterocycles. The van der Waals surface area contributed by atoms with Crippen LogP contribution in [0.2, 0.25) is 0 Å². The van der Waals surface area contributed by atoms with Gasteiger partial charge < -0.3 is 9.80 Å². The second-order valence-electron chi connectivity index (χ2n) is 6.80. The van der Waals surface area contributed by atoms with Crippen LogP contribution in [0.5, 0.6) is 0 Å². The van der Waals surface area contributed by atoms with E-state index >= 15 is 0 Å². The highest BCUT2D eigenvalue weighted by molar-refractivity contribution is 5.83. The van der Waals surface area contributed by atoms with Gasteiger partial charge in [-0.3, -0.25) is 14.7 Å². The van der Waals surface area contributed by atoms with E-state index in [4.69, 9.17) is 0 Å². The molecule has 1 aliphatic rings. The number of pyridine rings is 1. The van der Waals surface area contributed by atoms with Gasteiger partial charge in [-0.15, -0.1) is 0 Å². The van der Waals surface area contributed by atoms with E-state index in [0.29, 0.717) is 0 Å². The van der Waals surface area contributed by atoms with E-state index in [0.717, 1.165) is 37.4 Å². The highest BCUT2D eigenvalue weighted by Gasteiger charge is 2.30. The van der Waals surface area contributed by atoms with Gasteiger partial charge in [0.05, 0.1) is 11.9 Å². The van der Waals surface area contributed by atoms with Crippen LogP contribution in [0.15, 0.2) is 48.8 Å². The van der Waals surface area contributed by atoms with Gasteiger partial charge in [-0.2, -0.15) is 0 Å². The Balaban J connectivity index is 1.68. The molecule has 1 saturated heterocycles. The highest BCUT2D eigenvalue weighted by atomic mass is 16.2. The highest BCUT2D eigenvalue weighted by Crippen LogP contribution is 2.23. The van der Waals surface area contributed by atoms with Crippen LogP contribution in [0.3, 0.4) is 0 Å². The Kier molecular flexibility index (Phi) is 5.34. The maximum absolute atomic E-state index is 13.1. The van der Waals surface area contributed by atoms with E-state index in [2.05, 4.69) is 47.1 Å². The molecule has 1 unspecified atom stereocenters. The van der Waals surface area contributed by atoms with E-state index in [-0.39, 0.29) is 11.9 Å². The standard InChI is InChI=1S/C20H26N4O/c1-16-6-8-17(9-7-16)19(22(2)3)20(25)24-13-11-23(12-14-24)18-5-4-10-21-15-18/h4-10,15,19H,11-14H2,1-3H3. The maximum atomic E-state index is 13.1. The number of anilines is 1. The summed E-state index contributed by atoms with van der Waals surface area (Å²) in [5.41, 5.74) is 3.38. The molecule has 25 heavy (non-hydrogen) atoms. The first kappa shape index (κ1) is 17.4. The largest absolute Gasteiger partial charge is 0.367 e. The second kappa shape index (κ2) is 7.66. The first-order chi connectivity index (χ1) is 12.1. The Morgan fingerprint density at radius 2 is 1.76 bits per heavy atom. The molecule has 1 aromatic carbocycles. The third-order valence-electron chi connectivity index (χ3n) is 4.75. The first-order valence-electron chi connectivity index (χ1n) is 8.73. The van der Waals surface area contributed by atoms with Crippen molar-refractivity contribution in [2.24, 2.45) is 0 Å². The molecule has 1 aliphatic heterocycles. The summed E-state index contributed by atoms with van der Waals surface area (Å²) >= 11 is 0. The number of amides is 1. The zero-order chi connectivity index (χ0) is 17.8. The number of hydrogen-bond acceptors (Lipinski definition) is 4. The number of aryl methyl sites for hydroxylation is 1. The summed E-state index contributed by atoms with van der Waals surface area (Å²) in [6.45, 7) is 5.22. The van der Waals surface area contributed by atoms with E-state index < -0.39 is 0 Å². The quantitative estimate of drug-likeness (QED) is 0.858. The minimum absolute atomic E-state index is 0.180. The van der Waals surface area contributed by atoms with Crippen molar-refractivity contribution in [3.05, 3.63) is 59.9 Å². The number of hydrogen-bond donors (Lipinski definition) is 0. The summed E-state index contributed by atoms with van der Waals surface area (Å²) in [5, 5.41) is 0. The summed E-state index contributed by atoms with van der Waals surface area (Å²) in [4.78, 5) is 23.6. The van der Waals surface area contributed by atoms with Crippen LogP contribution >= 0.6 is 0 Å². The summed E-state index contributed by atoms with van der Waals surface area (Å²) in [6.07, 6.45) is 3.67. The molecule has 5 nitrogen and oxygen atoms in total. The van der Waals surface area contributed by atoms with Crippen LogP contribution in [0.25, 0.3) is 0 Å². The third-order valence-corrected chi connectivity index (χ3v) is 4.75. The fraction of sp³-hybridized carbons (Fsp3) is 0.400. The minimum atomic E-state index is -0.231. The first-order valence-corrected chi connectivity index (χ1v) is 8.73. The van der Waals surface area contributed by atoms with Gasteiger partial charge in [0.2, 0.25) is 5.91 Å². The Bertz CT molecular complexity index is 691. The van der Waals surface area contributed by atoms with Crippen molar-refractivity contribution < 1.29 is 4.79 Å². The monoisotopic (exact) mass is 338 g/mol. The molecule has 0 saturated carbocycles. The fourth-order valence-electron chi connectivity index (χ4n) is 3.31. The molecule has 0 N–H and O–H groups in total. The van der Waals surface area contributed by atoms with Crippen molar-refractivity contribution in [3.63, 3.8) is 0 Å². The van der Waals surface area contributed by atoms with Gasteiger partial charge in [0.25, 0.3) is 0 Å². The van der Waals surface area contributed by atoms with Gasteiger partial charge in [0.15, 0.2) is 0 Å². The van der Waals surface area contributed by atoms with Crippen LogP contribution in [0.4, 0.5) is 5.69 Å². The minimum Gasteiger partial charge on any atom is -0.367 e. The van der Waals surface area contributed by atoms with E-state index in [1.165, 1.54) is 5.56 Å². The van der Waals surface area contributed by atoms with Gasteiger partial charge in [0.1, 0.15) is 6.04 Å². The SMILES string of the molecule is Cc1ccc(C(C(=O)N2CCN(c3cccnc3)CC2)N(C)C)cc1. The van der Waals surface area contributed by atoms with Crippen LogP contribution in [-0.2, 0) is 4.79 Å². The van der Waals surface area contributed by atoms with Crippen molar-refractivity contribution >= 4 is 11.6 Å². The lowest BCUT2D eigenvalue weighted by Crippen LogP contribution is -2.51. The zero-order valence-electron chi connectivity index (χ0n) is 15.2. The number of likely N-dealkylation sites (N-methyl/N-ethyl adjacent to an activating group) is 1. The van der Waals surface area contributed by atoms with Gasteiger partial charge >= 0.3 is 0 Å². The molecule has 1 atom stereocenters. The molecule has 0 aliphatic carbocycles. The Hall–Kier alpha value is -2.40. The molecule has 0 bridgehead atoms. The van der Waals surface area contributed by atoms with Gasteiger partial charge in [-0.05, 0) is 38.7 Å². The number of benzene rings is 1. The molecule has 0 spiro atoms. The van der Waals surface area contributed by atoms with Crippen LogP contribution in [0, 0.1) is 6.92 Å². The lowest BCUT2D eigenvalue weighted by molar-refractivity contribution is -0.136. The predicted molar refractivity (Wildman–Crippen MR) is 101 cm³/mol. The lowest BCUT2D eigenvalue weighted by atomic mass is 10.0.